The predicted octanol–water partition coefficient (Wildman–Crippen LogP) is 3.27. The average molecular weight is 215 g/mol. The minimum absolute atomic E-state index is 0.556. The van der Waals surface area contributed by atoms with Gasteiger partial charge >= 0.3 is 0 Å². The summed E-state index contributed by atoms with van der Waals surface area (Å²) in [7, 11) is 0. The van der Waals surface area contributed by atoms with Crippen molar-refractivity contribution in [2.24, 2.45) is 0 Å². The molecule has 0 fully saturated rings. The van der Waals surface area contributed by atoms with Crippen LogP contribution in [0.3, 0.4) is 0 Å². The Bertz CT molecular complexity index is 512. The molecule has 2 nitrogen and oxygen atoms in total. The van der Waals surface area contributed by atoms with Gasteiger partial charge in [0.2, 0.25) is 0 Å². The monoisotopic (exact) mass is 214 g/mol. The lowest BCUT2D eigenvalue weighted by molar-refractivity contribution is 1.30. The molecule has 0 unspecified atom stereocenters. The van der Waals surface area contributed by atoms with Gasteiger partial charge in [0.1, 0.15) is 6.07 Å². The highest BCUT2D eigenvalue weighted by Crippen LogP contribution is 2.20. The third-order valence-electron chi connectivity index (χ3n) is 2.01. The lowest BCUT2D eigenvalue weighted by Gasteiger charge is -2.00. The number of aromatic nitrogens is 1. The summed E-state index contributed by atoms with van der Waals surface area (Å²) >= 11 is 5.87. The Labute approximate surface area is 92.8 Å². The van der Waals surface area contributed by atoms with Crippen LogP contribution >= 0.6 is 11.6 Å². The number of benzene rings is 1. The smallest absolute Gasteiger partial charge is 0.101 e. The van der Waals surface area contributed by atoms with Gasteiger partial charge in [-0.25, -0.2) is 0 Å². The highest BCUT2D eigenvalue weighted by Gasteiger charge is 1.99. The molecule has 0 amide bonds. The summed E-state index contributed by atoms with van der Waals surface area (Å²) in [5.74, 6) is 0. The van der Waals surface area contributed by atoms with Crippen molar-refractivity contribution in [3.63, 3.8) is 0 Å². The van der Waals surface area contributed by atoms with E-state index >= 15 is 0 Å². The molecule has 1 aromatic heterocycles. The molecule has 0 aliphatic heterocycles. The Balaban J connectivity index is 2.42. The van der Waals surface area contributed by atoms with E-state index in [1.165, 1.54) is 0 Å². The fraction of sp³-hybridized carbons (Fsp3) is 0. The van der Waals surface area contributed by atoms with Crippen molar-refractivity contribution < 1.29 is 0 Å². The standard InChI is InChI=1S/C12H7ClN2/c13-11-3-1-2-10(6-11)12-5-4-9(7-14)8-15-12/h1-6,8H. The van der Waals surface area contributed by atoms with Gasteiger partial charge in [0, 0.05) is 16.8 Å². The molecular weight excluding hydrogens is 208 g/mol. The topological polar surface area (TPSA) is 36.7 Å². The molecule has 3 heteroatoms. The first-order valence-electron chi connectivity index (χ1n) is 4.42. The van der Waals surface area contributed by atoms with E-state index in [0.29, 0.717) is 10.6 Å². The van der Waals surface area contributed by atoms with Crippen LogP contribution in [0.25, 0.3) is 11.3 Å². The molecule has 0 N–H and O–H groups in total. The molecular formula is C12H7ClN2. The maximum atomic E-state index is 8.63. The van der Waals surface area contributed by atoms with Gasteiger partial charge in [0.05, 0.1) is 11.3 Å². The zero-order valence-corrected chi connectivity index (χ0v) is 8.57. The second-order valence-corrected chi connectivity index (χ2v) is 3.49. The number of hydrogen-bond acceptors (Lipinski definition) is 2. The summed E-state index contributed by atoms with van der Waals surface area (Å²) in [4.78, 5) is 4.18. The van der Waals surface area contributed by atoms with Crippen LogP contribution in [0, 0.1) is 11.3 Å². The van der Waals surface area contributed by atoms with Crippen molar-refractivity contribution in [3.05, 3.63) is 53.2 Å². The van der Waals surface area contributed by atoms with Crippen molar-refractivity contribution in [1.29, 1.82) is 5.26 Å². The van der Waals surface area contributed by atoms with Crippen LogP contribution in [0.4, 0.5) is 0 Å². The van der Waals surface area contributed by atoms with E-state index in [9.17, 15) is 0 Å². The van der Waals surface area contributed by atoms with Gasteiger partial charge in [0.25, 0.3) is 0 Å². The molecule has 72 valence electrons. The van der Waals surface area contributed by atoms with E-state index in [1.54, 1.807) is 12.3 Å². The molecule has 0 atom stereocenters. The lowest BCUT2D eigenvalue weighted by atomic mass is 10.1. The highest BCUT2D eigenvalue weighted by atomic mass is 35.5. The first-order chi connectivity index (χ1) is 7.29. The van der Waals surface area contributed by atoms with Crippen LogP contribution in [0.5, 0.6) is 0 Å². The van der Waals surface area contributed by atoms with Crippen LogP contribution < -0.4 is 0 Å². The van der Waals surface area contributed by atoms with E-state index in [-0.39, 0.29) is 0 Å². The van der Waals surface area contributed by atoms with Gasteiger partial charge in [-0.15, -0.1) is 0 Å². The molecule has 0 bridgehead atoms. The maximum Gasteiger partial charge on any atom is 0.101 e. The van der Waals surface area contributed by atoms with Gasteiger partial charge in [-0.2, -0.15) is 5.26 Å². The Kier molecular flexibility index (Phi) is 2.66. The second kappa shape index (κ2) is 4.12. The van der Waals surface area contributed by atoms with Crippen molar-refractivity contribution >= 4 is 11.6 Å². The second-order valence-electron chi connectivity index (χ2n) is 3.05. The predicted molar refractivity (Wildman–Crippen MR) is 59.4 cm³/mol. The normalized spacial score (nSPS) is 9.60. The minimum atomic E-state index is 0.556. The molecule has 0 aliphatic rings. The van der Waals surface area contributed by atoms with Gasteiger partial charge in [-0.1, -0.05) is 23.7 Å². The minimum Gasteiger partial charge on any atom is -0.255 e. The van der Waals surface area contributed by atoms with Crippen molar-refractivity contribution in [2.75, 3.05) is 0 Å². The summed E-state index contributed by atoms with van der Waals surface area (Å²) in [6, 6.07) is 13.0. The van der Waals surface area contributed by atoms with E-state index in [1.807, 2.05) is 36.4 Å². The average Bonchev–Trinajstić information content (AvgIpc) is 2.29. The maximum absolute atomic E-state index is 8.63. The molecule has 15 heavy (non-hydrogen) atoms. The van der Waals surface area contributed by atoms with Gasteiger partial charge in [-0.3, -0.25) is 4.98 Å². The Morgan fingerprint density at radius 2 is 2.07 bits per heavy atom. The molecule has 0 saturated carbocycles. The molecule has 1 aromatic carbocycles. The Morgan fingerprint density at radius 1 is 1.20 bits per heavy atom. The molecule has 2 aromatic rings. The summed E-state index contributed by atoms with van der Waals surface area (Å²) in [5.41, 5.74) is 2.32. The molecule has 0 aliphatic carbocycles. The van der Waals surface area contributed by atoms with E-state index < -0.39 is 0 Å². The number of nitriles is 1. The fourth-order valence-corrected chi connectivity index (χ4v) is 1.47. The summed E-state index contributed by atoms with van der Waals surface area (Å²) < 4.78 is 0. The van der Waals surface area contributed by atoms with Crippen molar-refractivity contribution in [3.8, 4) is 17.3 Å². The van der Waals surface area contributed by atoms with Crippen LogP contribution in [-0.2, 0) is 0 Å². The number of hydrogen-bond donors (Lipinski definition) is 0. The zero-order chi connectivity index (χ0) is 10.7. The number of pyridine rings is 1. The molecule has 0 saturated heterocycles. The molecule has 0 radical (unpaired) electrons. The van der Waals surface area contributed by atoms with Crippen LogP contribution in [0.2, 0.25) is 5.02 Å². The van der Waals surface area contributed by atoms with Crippen molar-refractivity contribution in [1.82, 2.24) is 4.98 Å². The Morgan fingerprint density at radius 3 is 2.67 bits per heavy atom. The fourth-order valence-electron chi connectivity index (χ4n) is 1.28. The lowest BCUT2D eigenvalue weighted by Crippen LogP contribution is -1.84. The first-order valence-corrected chi connectivity index (χ1v) is 4.79. The summed E-state index contributed by atoms with van der Waals surface area (Å²) in [6.07, 6.45) is 1.55. The number of halogens is 1. The summed E-state index contributed by atoms with van der Waals surface area (Å²) in [5, 5.41) is 9.31. The van der Waals surface area contributed by atoms with Crippen LogP contribution in [0.15, 0.2) is 42.6 Å². The van der Waals surface area contributed by atoms with Crippen LogP contribution in [0.1, 0.15) is 5.56 Å². The molecule has 0 spiro atoms. The van der Waals surface area contributed by atoms with Gasteiger partial charge in [0.15, 0.2) is 0 Å². The van der Waals surface area contributed by atoms with Gasteiger partial charge < -0.3 is 0 Å². The van der Waals surface area contributed by atoms with Crippen LogP contribution in [-0.4, -0.2) is 4.98 Å². The Hall–Kier alpha value is -1.85. The number of rotatable bonds is 1. The number of nitrogens with zero attached hydrogens (tertiary/aromatic N) is 2. The van der Waals surface area contributed by atoms with Crippen molar-refractivity contribution in [2.45, 2.75) is 0 Å². The third-order valence-corrected chi connectivity index (χ3v) is 2.25. The van der Waals surface area contributed by atoms with E-state index in [2.05, 4.69) is 4.98 Å². The van der Waals surface area contributed by atoms with E-state index in [4.69, 9.17) is 16.9 Å². The molecule has 2 rings (SSSR count). The zero-order valence-electron chi connectivity index (χ0n) is 7.81. The first kappa shape index (κ1) is 9.70. The van der Waals surface area contributed by atoms with E-state index in [0.717, 1.165) is 11.3 Å². The quantitative estimate of drug-likeness (QED) is 0.731. The summed E-state index contributed by atoms with van der Waals surface area (Å²) in [6.45, 7) is 0. The highest BCUT2D eigenvalue weighted by molar-refractivity contribution is 6.30. The largest absolute Gasteiger partial charge is 0.255 e. The SMILES string of the molecule is N#Cc1ccc(-c2cccc(Cl)c2)nc1. The molecule has 1 heterocycles. The third kappa shape index (κ3) is 2.15. The van der Waals surface area contributed by atoms with Gasteiger partial charge in [-0.05, 0) is 24.3 Å².